The van der Waals surface area contributed by atoms with Crippen LogP contribution in [0.1, 0.15) is 23.7 Å². The number of carbonyl (C=O) groups excluding carboxylic acids is 2. The van der Waals surface area contributed by atoms with Gasteiger partial charge in [0.05, 0.1) is 11.0 Å². The van der Waals surface area contributed by atoms with Crippen LogP contribution >= 0.6 is 0 Å². The van der Waals surface area contributed by atoms with E-state index in [1.165, 1.54) is 0 Å². The number of nitrogens with one attached hydrogen (secondary N) is 2. The molecule has 0 aliphatic heterocycles. The van der Waals surface area contributed by atoms with Crippen molar-refractivity contribution < 1.29 is 9.59 Å². The summed E-state index contributed by atoms with van der Waals surface area (Å²) in [5.74, 6) is 0.606. The standard InChI is InChI=1S/C31H33N5O2/c1-4-5-6-10-13-29(37)32-25-16-14-23(15-17-25)30-34-27-22-26(33-31(38)24-11-8-7-9-12-24)18-19-28(27)36(30)21-20-35(2)3/h4-12,14-19,22H,13,20-21H2,1-3H3,(H,32,37)(H,33,38)/b5-4-,10-6-. The lowest BCUT2D eigenvalue weighted by molar-refractivity contribution is -0.115. The smallest absolute Gasteiger partial charge is 0.255 e. The Labute approximate surface area is 223 Å². The number of rotatable bonds is 10. The van der Waals surface area contributed by atoms with E-state index in [2.05, 4.69) is 20.1 Å². The highest BCUT2D eigenvalue weighted by Gasteiger charge is 2.15. The van der Waals surface area contributed by atoms with Gasteiger partial charge in [-0.05, 0) is 75.6 Å². The number of allylic oxidation sites excluding steroid dienone is 3. The van der Waals surface area contributed by atoms with E-state index in [4.69, 9.17) is 4.98 Å². The fraction of sp³-hybridized carbons (Fsp3) is 0.194. The minimum absolute atomic E-state index is 0.0678. The van der Waals surface area contributed by atoms with Gasteiger partial charge < -0.3 is 20.1 Å². The third-order valence-corrected chi connectivity index (χ3v) is 5.98. The number of imidazole rings is 1. The van der Waals surface area contributed by atoms with Gasteiger partial charge in [-0.25, -0.2) is 4.98 Å². The summed E-state index contributed by atoms with van der Waals surface area (Å²) >= 11 is 0. The van der Waals surface area contributed by atoms with Gasteiger partial charge in [0.2, 0.25) is 5.91 Å². The van der Waals surface area contributed by atoms with Gasteiger partial charge in [-0.1, -0.05) is 42.5 Å². The van der Waals surface area contributed by atoms with Crippen molar-refractivity contribution in [2.75, 3.05) is 31.3 Å². The van der Waals surface area contributed by atoms with Crippen LogP contribution in [0, 0.1) is 0 Å². The highest BCUT2D eigenvalue weighted by atomic mass is 16.2. The molecule has 0 saturated heterocycles. The van der Waals surface area contributed by atoms with Crippen molar-refractivity contribution in [3.63, 3.8) is 0 Å². The maximum absolute atomic E-state index is 12.6. The Kier molecular flexibility index (Phi) is 8.85. The first-order chi connectivity index (χ1) is 18.4. The number of hydrogen-bond acceptors (Lipinski definition) is 4. The molecule has 1 heterocycles. The molecule has 7 nitrogen and oxygen atoms in total. The number of amides is 2. The van der Waals surface area contributed by atoms with E-state index < -0.39 is 0 Å². The molecule has 0 fully saturated rings. The normalized spacial score (nSPS) is 11.6. The predicted molar refractivity (Wildman–Crippen MR) is 155 cm³/mol. The van der Waals surface area contributed by atoms with E-state index in [-0.39, 0.29) is 11.8 Å². The Morgan fingerprint density at radius 2 is 1.66 bits per heavy atom. The molecule has 0 aliphatic carbocycles. The molecule has 0 aliphatic rings. The Morgan fingerprint density at radius 3 is 2.37 bits per heavy atom. The second-order valence-electron chi connectivity index (χ2n) is 9.20. The summed E-state index contributed by atoms with van der Waals surface area (Å²) in [5.41, 5.74) is 4.77. The molecule has 7 heteroatoms. The number of fused-ring (bicyclic) bond motifs is 1. The van der Waals surface area contributed by atoms with E-state index in [1.54, 1.807) is 12.1 Å². The molecule has 4 rings (SSSR count). The van der Waals surface area contributed by atoms with Crippen LogP contribution in [0.15, 0.2) is 97.1 Å². The number of carbonyl (C=O) groups is 2. The number of aromatic nitrogens is 2. The van der Waals surface area contributed by atoms with E-state index in [0.29, 0.717) is 17.7 Å². The summed E-state index contributed by atoms with van der Waals surface area (Å²) in [6.45, 7) is 3.54. The van der Waals surface area contributed by atoms with E-state index in [9.17, 15) is 9.59 Å². The number of anilines is 2. The van der Waals surface area contributed by atoms with Crippen LogP contribution in [0.2, 0.25) is 0 Å². The summed E-state index contributed by atoms with van der Waals surface area (Å²) in [4.78, 5) is 31.9. The van der Waals surface area contributed by atoms with Crippen LogP contribution in [0.4, 0.5) is 11.4 Å². The fourth-order valence-corrected chi connectivity index (χ4v) is 4.03. The van der Waals surface area contributed by atoms with Gasteiger partial charge in [-0.15, -0.1) is 0 Å². The third kappa shape index (κ3) is 6.83. The van der Waals surface area contributed by atoms with Crippen LogP contribution in [0.5, 0.6) is 0 Å². The molecule has 194 valence electrons. The van der Waals surface area contributed by atoms with Gasteiger partial charge in [0.25, 0.3) is 5.91 Å². The molecule has 38 heavy (non-hydrogen) atoms. The van der Waals surface area contributed by atoms with Gasteiger partial charge >= 0.3 is 0 Å². The Bertz CT molecular complexity index is 1450. The first-order valence-electron chi connectivity index (χ1n) is 12.6. The third-order valence-electron chi connectivity index (χ3n) is 5.98. The number of likely N-dealkylation sites (N-methyl/N-ethyl adjacent to an activating group) is 1. The van der Waals surface area contributed by atoms with Crippen LogP contribution in [0.3, 0.4) is 0 Å². The molecule has 4 aromatic rings. The molecule has 3 aromatic carbocycles. The average molecular weight is 508 g/mol. The topological polar surface area (TPSA) is 79.3 Å². The molecule has 0 atom stereocenters. The van der Waals surface area contributed by atoms with Crippen molar-refractivity contribution in [2.45, 2.75) is 19.9 Å². The number of benzene rings is 3. The van der Waals surface area contributed by atoms with Crippen LogP contribution < -0.4 is 10.6 Å². The molecule has 1 aromatic heterocycles. The van der Waals surface area contributed by atoms with Gasteiger partial charge in [0.15, 0.2) is 0 Å². The van der Waals surface area contributed by atoms with Crippen molar-refractivity contribution >= 4 is 34.2 Å². The summed E-state index contributed by atoms with van der Waals surface area (Å²) in [5, 5.41) is 5.90. The van der Waals surface area contributed by atoms with Crippen LogP contribution in [0.25, 0.3) is 22.4 Å². The fourth-order valence-electron chi connectivity index (χ4n) is 4.03. The largest absolute Gasteiger partial charge is 0.326 e. The highest BCUT2D eigenvalue weighted by Crippen LogP contribution is 2.28. The quantitative estimate of drug-likeness (QED) is 0.259. The van der Waals surface area contributed by atoms with Gasteiger partial charge in [-0.3, -0.25) is 9.59 Å². The molecular formula is C31H33N5O2. The van der Waals surface area contributed by atoms with Gasteiger partial charge in [0, 0.05) is 42.0 Å². The summed E-state index contributed by atoms with van der Waals surface area (Å²) in [6, 6.07) is 22.7. The van der Waals surface area contributed by atoms with E-state index >= 15 is 0 Å². The molecular weight excluding hydrogens is 474 g/mol. The number of nitrogens with zero attached hydrogens (tertiary/aromatic N) is 3. The molecule has 2 amide bonds. The summed E-state index contributed by atoms with van der Waals surface area (Å²) < 4.78 is 2.19. The average Bonchev–Trinajstić information content (AvgIpc) is 3.28. The lowest BCUT2D eigenvalue weighted by Gasteiger charge is -2.14. The van der Waals surface area contributed by atoms with E-state index in [1.807, 2.05) is 106 Å². The maximum atomic E-state index is 12.6. The minimum Gasteiger partial charge on any atom is -0.326 e. The van der Waals surface area contributed by atoms with Crippen molar-refractivity contribution in [3.8, 4) is 11.4 Å². The molecule has 0 spiro atoms. The van der Waals surface area contributed by atoms with Crippen molar-refractivity contribution in [2.24, 2.45) is 0 Å². The predicted octanol–water partition coefficient (Wildman–Crippen LogP) is 5.98. The second kappa shape index (κ2) is 12.7. The molecule has 0 bridgehead atoms. The zero-order valence-electron chi connectivity index (χ0n) is 22.0. The van der Waals surface area contributed by atoms with E-state index in [0.717, 1.165) is 41.2 Å². The molecule has 0 saturated carbocycles. The lowest BCUT2D eigenvalue weighted by Crippen LogP contribution is -2.18. The Hall–Kier alpha value is -4.49. The van der Waals surface area contributed by atoms with Crippen molar-refractivity contribution in [1.29, 1.82) is 0 Å². The molecule has 2 N–H and O–H groups in total. The van der Waals surface area contributed by atoms with Crippen molar-refractivity contribution in [1.82, 2.24) is 14.5 Å². The first-order valence-corrected chi connectivity index (χ1v) is 12.6. The zero-order chi connectivity index (χ0) is 26.9. The Balaban J connectivity index is 1.58. The summed E-state index contributed by atoms with van der Waals surface area (Å²) in [6.07, 6.45) is 7.81. The summed E-state index contributed by atoms with van der Waals surface area (Å²) in [7, 11) is 4.09. The minimum atomic E-state index is -0.160. The zero-order valence-corrected chi connectivity index (χ0v) is 22.0. The van der Waals surface area contributed by atoms with Crippen LogP contribution in [-0.4, -0.2) is 46.9 Å². The SMILES string of the molecule is C/C=C\C=C/CC(=O)Nc1ccc(-c2nc3cc(NC(=O)c4ccccc4)ccc3n2CCN(C)C)cc1. The maximum Gasteiger partial charge on any atom is 0.255 e. The van der Waals surface area contributed by atoms with Crippen molar-refractivity contribution in [3.05, 3.63) is 103 Å². The monoisotopic (exact) mass is 507 g/mol. The first kappa shape index (κ1) is 26.6. The molecule has 0 unspecified atom stereocenters. The van der Waals surface area contributed by atoms with Gasteiger partial charge in [-0.2, -0.15) is 0 Å². The lowest BCUT2D eigenvalue weighted by atomic mass is 10.2. The Morgan fingerprint density at radius 1 is 0.921 bits per heavy atom. The highest BCUT2D eigenvalue weighted by molar-refractivity contribution is 6.05. The van der Waals surface area contributed by atoms with Crippen LogP contribution in [-0.2, 0) is 11.3 Å². The molecule has 0 radical (unpaired) electrons. The second-order valence-corrected chi connectivity index (χ2v) is 9.20. The van der Waals surface area contributed by atoms with Gasteiger partial charge in [0.1, 0.15) is 5.82 Å². The number of hydrogen-bond donors (Lipinski definition) is 2.